The van der Waals surface area contributed by atoms with E-state index in [1.54, 1.807) is 13.0 Å². The molecule has 3 heterocycles. The fourth-order valence-electron chi connectivity index (χ4n) is 3.10. The second kappa shape index (κ2) is 6.19. The zero-order valence-corrected chi connectivity index (χ0v) is 14.4. The Labute approximate surface area is 156 Å². The van der Waals surface area contributed by atoms with Crippen LogP contribution in [-0.4, -0.2) is 30.6 Å². The molecule has 1 amide bonds. The van der Waals surface area contributed by atoms with Crippen LogP contribution in [0.3, 0.4) is 0 Å². The molecule has 4 aromatic rings. The fraction of sp³-hybridized carbons (Fsp3) is 0.111. The smallest absolute Gasteiger partial charge is 0.364 e. The summed E-state index contributed by atoms with van der Waals surface area (Å²) in [6, 6.07) is 4.90. The van der Waals surface area contributed by atoms with Gasteiger partial charge in [-0.15, -0.1) is 0 Å². The lowest BCUT2D eigenvalue weighted by Gasteiger charge is -2.15. The van der Waals surface area contributed by atoms with E-state index in [0.29, 0.717) is 27.9 Å². The van der Waals surface area contributed by atoms with Crippen molar-refractivity contribution in [2.45, 2.75) is 13.1 Å². The Balaban J connectivity index is 1.97. The number of alkyl halides is 3. The van der Waals surface area contributed by atoms with Crippen LogP contribution in [0.15, 0.2) is 43.0 Å². The molecule has 0 saturated heterocycles. The molecule has 142 valence electrons. The van der Waals surface area contributed by atoms with Crippen molar-refractivity contribution in [1.29, 1.82) is 0 Å². The summed E-state index contributed by atoms with van der Waals surface area (Å²) in [7, 11) is 0. The van der Waals surface area contributed by atoms with Crippen molar-refractivity contribution in [1.82, 2.24) is 24.7 Å². The molecule has 0 aliphatic rings. The highest BCUT2D eigenvalue weighted by Gasteiger charge is 2.31. The summed E-state index contributed by atoms with van der Waals surface area (Å²) >= 11 is 0. The largest absolute Gasteiger partial charge is 0.416 e. The summed E-state index contributed by atoms with van der Waals surface area (Å²) in [5, 5.41) is 7.16. The predicted molar refractivity (Wildman–Crippen MR) is 94.7 cm³/mol. The Morgan fingerprint density at radius 2 is 2.00 bits per heavy atom. The van der Waals surface area contributed by atoms with Crippen LogP contribution in [0.5, 0.6) is 0 Å². The highest BCUT2D eigenvalue weighted by atomic mass is 19.4. The van der Waals surface area contributed by atoms with Crippen LogP contribution in [0.4, 0.5) is 13.2 Å². The Bertz CT molecular complexity index is 1210. The number of aromatic nitrogens is 5. The van der Waals surface area contributed by atoms with E-state index in [2.05, 4.69) is 20.2 Å². The molecule has 0 radical (unpaired) electrons. The molecule has 0 spiro atoms. The third-order valence-corrected chi connectivity index (χ3v) is 4.42. The number of carbonyl (C=O) groups is 1. The molecule has 0 fully saturated rings. The van der Waals surface area contributed by atoms with Crippen molar-refractivity contribution >= 4 is 16.9 Å². The lowest BCUT2D eigenvalue weighted by atomic mass is 10.1. The molecule has 28 heavy (non-hydrogen) atoms. The molecular weight excluding hydrogens is 373 g/mol. The number of nitrogens with two attached hydrogens (primary N) is 1. The van der Waals surface area contributed by atoms with Gasteiger partial charge in [0.05, 0.1) is 22.8 Å². The summed E-state index contributed by atoms with van der Waals surface area (Å²) in [5.74, 6) is -0.799. The van der Waals surface area contributed by atoms with Gasteiger partial charge < -0.3 is 10.3 Å². The number of halogens is 3. The first-order valence-electron chi connectivity index (χ1n) is 8.11. The number of benzene rings is 1. The number of hydrogen-bond donors (Lipinski definition) is 2. The minimum atomic E-state index is -4.51. The Kier molecular flexibility index (Phi) is 3.91. The number of amides is 1. The van der Waals surface area contributed by atoms with E-state index < -0.39 is 17.6 Å². The molecular formula is C18H13F3N6O. The standard InChI is InChI=1S/C18H13F3N6O/c1-9-2-3-10(18(19,20)21)6-13(9)27-5-4-11(15(27)16(22)28)14-12-7-25-26-17(12)24-8-23-14/h2-8H,1H3,(H2,22,28)(H,23,24,25,26). The lowest BCUT2D eigenvalue weighted by Crippen LogP contribution is -2.18. The maximum atomic E-state index is 13.2. The van der Waals surface area contributed by atoms with Crippen molar-refractivity contribution in [3.63, 3.8) is 0 Å². The highest BCUT2D eigenvalue weighted by molar-refractivity contribution is 6.02. The van der Waals surface area contributed by atoms with Gasteiger partial charge >= 0.3 is 6.18 Å². The van der Waals surface area contributed by atoms with E-state index in [4.69, 9.17) is 5.73 Å². The molecule has 0 aliphatic heterocycles. The Hall–Kier alpha value is -3.69. The first kappa shape index (κ1) is 17.7. The zero-order valence-electron chi connectivity index (χ0n) is 14.4. The number of nitrogens with zero attached hydrogens (tertiary/aromatic N) is 4. The average molecular weight is 386 g/mol. The van der Waals surface area contributed by atoms with Crippen LogP contribution >= 0.6 is 0 Å². The van der Waals surface area contributed by atoms with E-state index >= 15 is 0 Å². The second-order valence-electron chi connectivity index (χ2n) is 6.17. The molecule has 3 aromatic heterocycles. The lowest BCUT2D eigenvalue weighted by molar-refractivity contribution is -0.137. The van der Waals surface area contributed by atoms with E-state index in [9.17, 15) is 18.0 Å². The average Bonchev–Trinajstić information content (AvgIpc) is 3.27. The van der Waals surface area contributed by atoms with Crippen molar-refractivity contribution in [3.05, 3.63) is 59.8 Å². The van der Waals surface area contributed by atoms with Gasteiger partial charge in [0.25, 0.3) is 5.91 Å². The molecule has 0 unspecified atom stereocenters. The normalized spacial score (nSPS) is 11.9. The van der Waals surface area contributed by atoms with Crippen LogP contribution in [0.25, 0.3) is 28.0 Å². The summed E-state index contributed by atoms with van der Waals surface area (Å²) in [6.07, 6.45) is -0.220. The van der Waals surface area contributed by atoms with Gasteiger partial charge in [0.15, 0.2) is 5.65 Å². The highest BCUT2D eigenvalue weighted by Crippen LogP contribution is 2.34. The monoisotopic (exact) mass is 386 g/mol. The number of H-pyrrole nitrogens is 1. The number of fused-ring (bicyclic) bond motifs is 1. The van der Waals surface area contributed by atoms with Crippen LogP contribution in [0.2, 0.25) is 0 Å². The summed E-state index contributed by atoms with van der Waals surface area (Å²) < 4.78 is 40.8. The molecule has 0 atom stereocenters. The van der Waals surface area contributed by atoms with Crippen molar-refractivity contribution < 1.29 is 18.0 Å². The first-order chi connectivity index (χ1) is 13.3. The molecule has 4 rings (SSSR count). The SMILES string of the molecule is Cc1ccc(C(F)(F)F)cc1-n1ccc(-c2ncnc3[nH]ncc23)c1C(N)=O. The van der Waals surface area contributed by atoms with Gasteiger partial charge in [0.1, 0.15) is 12.0 Å². The second-order valence-corrected chi connectivity index (χ2v) is 6.17. The van der Waals surface area contributed by atoms with Gasteiger partial charge in [0, 0.05) is 17.4 Å². The maximum Gasteiger partial charge on any atom is 0.416 e. The number of aromatic amines is 1. The van der Waals surface area contributed by atoms with E-state index in [1.807, 2.05) is 0 Å². The van der Waals surface area contributed by atoms with Gasteiger partial charge in [-0.3, -0.25) is 9.89 Å². The fourth-order valence-corrected chi connectivity index (χ4v) is 3.10. The molecule has 3 N–H and O–H groups in total. The minimum absolute atomic E-state index is 0.0172. The molecule has 7 nitrogen and oxygen atoms in total. The summed E-state index contributed by atoms with van der Waals surface area (Å²) in [4.78, 5) is 20.5. The maximum absolute atomic E-state index is 13.2. The van der Waals surface area contributed by atoms with Gasteiger partial charge in [0.2, 0.25) is 0 Å². The van der Waals surface area contributed by atoms with Crippen LogP contribution in [-0.2, 0) is 6.18 Å². The van der Waals surface area contributed by atoms with Crippen LogP contribution in [0, 0.1) is 6.92 Å². The van der Waals surface area contributed by atoms with E-state index in [1.165, 1.54) is 29.4 Å². The molecule has 0 saturated carbocycles. The Morgan fingerprint density at radius 1 is 1.21 bits per heavy atom. The number of nitrogens with one attached hydrogen (secondary N) is 1. The predicted octanol–water partition coefficient (Wildman–Crippen LogP) is 3.24. The third kappa shape index (κ3) is 2.79. The third-order valence-electron chi connectivity index (χ3n) is 4.42. The quantitative estimate of drug-likeness (QED) is 0.564. The van der Waals surface area contributed by atoms with Crippen molar-refractivity contribution in [3.8, 4) is 16.9 Å². The number of carbonyl (C=O) groups excluding carboxylic acids is 1. The number of hydrogen-bond acceptors (Lipinski definition) is 4. The number of aryl methyl sites for hydroxylation is 1. The van der Waals surface area contributed by atoms with Crippen LogP contribution in [0.1, 0.15) is 21.6 Å². The van der Waals surface area contributed by atoms with Crippen molar-refractivity contribution in [2.75, 3.05) is 0 Å². The number of rotatable bonds is 3. The van der Waals surface area contributed by atoms with E-state index in [-0.39, 0.29) is 11.4 Å². The van der Waals surface area contributed by atoms with Gasteiger partial charge in [-0.05, 0) is 30.7 Å². The minimum Gasteiger partial charge on any atom is -0.364 e. The van der Waals surface area contributed by atoms with Crippen LogP contribution < -0.4 is 5.73 Å². The zero-order chi connectivity index (χ0) is 20.1. The Morgan fingerprint density at radius 3 is 2.71 bits per heavy atom. The number of primary amides is 1. The first-order valence-corrected chi connectivity index (χ1v) is 8.11. The van der Waals surface area contributed by atoms with Gasteiger partial charge in [-0.25, -0.2) is 9.97 Å². The summed E-state index contributed by atoms with van der Waals surface area (Å²) in [6.45, 7) is 1.65. The molecule has 0 aliphatic carbocycles. The van der Waals surface area contributed by atoms with Gasteiger partial charge in [-0.1, -0.05) is 6.07 Å². The molecule has 10 heteroatoms. The molecule has 1 aromatic carbocycles. The summed E-state index contributed by atoms with van der Waals surface area (Å²) in [5.41, 5.74) is 6.76. The topological polar surface area (TPSA) is 102 Å². The molecule has 0 bridgehead atoms. The van der Waals surface area contributed by atoms with Crippen molar-refractivity contribution in [2.24, 2.45) is 5.73 Å². The van der Waals surface area contributed by atoms with E-state index in [0.717, 1.165) is 12.1 Å². The van der Waals surface area contributed by atoms with Gasteiger partial charge in [-0.2, -0.15) is 18.3 Å².